The molecule has 1 fully saturated rings. The lowest BCUT2D eigenvalue weighted by Gasteiger charge is -2.33. The van der Waals surface area contributed by atoms with Crippen LogP contribution in [0.3, 0.4) is 0 Å². The fourth-order valence-electron chi connectivity index (χ4n) is 2.14. The van der Waals surface area contributed by atoms with Gasteiger partial charge in [-0.2, -0.15) is 0 Å². The number of alkyl carbamates (subject to hydrolysis) is 1. The number of likely N-dealkylation sites (tertiary alicyclic amines) is 1. The monoisotopic (exact) mass is 256 g/mol. The van der Waals surface area contributed by atoms with Crippen molar-refractivity contribution in [3.8, 4) is 0 Å². The Hall–Kier alpha value is -1.26. The summed E-state index contributed by atoms with van der Waals surface area (Å²) >= 11 is 0. The molecule has 5 nitrogen and oxygen atoms in total. The Morgan fingerprint density at radius 1 is 1.44 bits per heavy atom. The van der Waals surface area contributed by atoms with Gasteiger partial charge in [0.1, 0.15) is 0 Å². The maximum absolute atomic E-state index is 11.9. The molecule has 0 aromatic carbocycles. The number of hydrogen-bond acceptors (Lipinski definition) is 3. The highest BCUT2D eigenvalue weighted by molar-refractivity contribution is 5.76. The molecule has 0 radical (unpaired) electrons. The molecule has 104 valence electrons. The number of amides is 2. The van der Waals surface area contributed by atoms with Crippen LogP contribution >= 0.6 is 0 Å². The third kappa shape index (κ3) is 4.94. The number of hydrogen-bond donors (Lipinski definition) is 1. The highest BCUT2D eigenvalue weighted by Crippen LogP contribution is 2.13. The lowest BCUT2D eigenvalue weighted by atomic mass is 10.0. The van der Waals surface area contributed by atoms with Gasteiger partial charge >= 0.3 is 6.09 Å². The van der Waals surface area contributed by atoms with Gasteiger partial charge in [0.2, 0.25) is 5.91 Å². The highest BCUT2D eigenvalue weighted by Gasteiger charge is 2.25. The topological polar surface area (TPSA) is 58.6 Å². The van der Waals surface area contributed by atoms with Crippen molar-refractivity contribution in [3.05, 3.63) is 0 Å². The number of nitrogens with zero attached hydrogens (tertiary/aromatic N) is 1. The molecule has 1 unspecified atom stereocenters. The Morgan fingerprint density at radius 2 is 2.17 bits per heavy atom. The van der Waals surface area contributed by atoms with Crippen molar-refractivity contribution in [3.63, 3.8) is 0 Å². The second kappa shape index (κ2) is 7.24. The molecule has 1 N–H and O–H groups in total. The van der Waals surface area contributed by atoms with Crippen LogP contribution in [0.1, 0.15) is 40.0 Å². The molecular weight excluding hydrogens is 232 g/mol. The molecule has 1 aliphatic rings. The second-order valence-corrected chi connectivity index (χ2v) is 5.14. The van der Waals surface area contributed by atoms with Gasteiger partial charge in [-0.25, -0.2) is 4.79 Å². The first-order chi connectivity index (χ1) is 8.52. The Morgan fingerprint density at radius 3 is 2.78 bits per heavy atom. The van der Waals surface area contributed by atoms with E-state index in [0.717, 1.165) is 19.4 Å². The number of ether oxygens (including phenoxy) is 1. The zero-order valence-electron chi connectivity index (χ0n) is 11.6. The lowest BCUT2D eigenvalue weighted by molar-refractivity contribution is -0.133. The number of carbonyl (C=O) groups is 2. The maximum Gasteiger partial charge on any atom is 0.407 e. The van der Waals surface area contributed by atoms with Gasteiger partial charge < -0.3 is 15.0 Å². The van der Waals surface area contributed by atoms with Gasteiger partial charge in [0, 0.05) is 25.6 Å². The van der Waals surface area contributed by atoms with Crippen LogP contribution in [0.2, 0.25) is 0 Å². The zero-order valence-corrected chi connectivity index (χ0v) is 11.6. The van der Waals surface area contributed by atoms with E-state index in [1.165, 1.54) is 0 Å². The maximum atomic E-state index is 11.9. The van der Waals surface area contributed by atoms with Crippen LogP contribution in [-0.4, -0.2) is 42.6 Å². The van der Waals surface area contributed by atoms with Gasteiger partial charge in [-0.3, -0.25) is 4.79 Å². The van der Waals surface area contributed by atoms with E-state index in [9.17, 15) is 9.59 Å². The van der Waals surface area contributed by atoms with Crippen LogP contribution in [0.15, 0.2) is 0 Å². The van der Waals surface area contributed by atoms with Gasteiger partial charge in [-0.15, -0.1) is 0 Å². The largest absolute Gasteiger partial charge is 0.450 e. The van der Waals surface area contributed by atoms with Crippen molar-refractivity contribution in [2.24, 2.45) is 5.92 Å². The van der Waals surface area contributed by atoms with Crippen molar-refractivity contribution >= 4 is 12.0 Å². The van der Waals surface area contributed by atoms with Gasteiger partial charge in [-0.1, -0.05) is 13.8 Å². The minimum Gasteiger partial charge on any atom is -0.450 e. The standard InChI is InChI=1S/C13H24N2O3/c1-4-18-13(17)14-11-6-5-7-15(9-11)12(16)8-10(2)3/h10-11H,4-9H2,1-3H3,(H,14,17). The molecule has 0 aliphatic carbocycles. The number of rotatable bonds is 4. The minimum absolute atomic E-state index is 0.0221. The highest BCUT2D eigenvalue weighted by atomic mass is 16.5. The van der Waals surface area contributed by atoms with Gasteiger partial charge in [0.05, 0.1) is 6.61 Å². The lowest BCUT2D eigenvalue weighted by Crippen LogP contribution is -2.49. The summed E-state index contributed by atoms with van der Waals surface area (Å²) in [5.74, 6) is 0.552. The second-order valence-electron chi connectivity index (χ2n) is 5.14. The van der Waals surface area contributed by atoms with E-state index in [0.29, 0.717) is 25.5 Å². The van der Waals surface area contributed by atoms with Crippen molar-refractivity contribution in [2.75, 3.05) is 19.7 Å². The average Bonchev–Trinajstić information content (AvgIpc) is 2.28. The van der Waals surface area contributed by atoms with Gasteiger partial charge in [0.15, 0.2) is 0 Å². The normalized spacial score (nSPS) is 19.8. The predicted molar refractivity (Wildman–Crippen MR) is 69.2 cm³/mol. The summed E-state index contributed by atoms with van der Waals surface area (Å²) in [6.45, 7) is 7.62. The van der Waals surface area contributed by atoms with Crippen LogP contribution in [0.25, 0.3) is 0 Å². The first-order valence-electron chi connectivity index (χ1n) is 6.74. The molecular formula is C13H24N2O3. The third-order valence-electron chi connectivity index (χ3n) is 2.95. The number of nitrogens with one attached hydrogen (secondary N) is 1. The van der Waals surface area contributed by atoms with Crippen molar-refractivity contribution in [2.45, 2.75) is 46.1 Å². The number of carbonyl (C=O) groups excluding carboxylic acids is 2. The number of piperidine rings is 1. The molecule has 0 aromatic heterocycles. The van der Waals surface area contributed by atoms with Gasteiger partial charge in [0.25, 0.3) is 0 Å². The Bertz CT molecular complexity index is 292. The molecule has 0 aromatic rings. The first-order valence-corrected chi connectivity index (χ1v) is 6.74. The van der Waals surface area contributed by atoms with E-state index in [-0.39, 0.29) is 18.0 Å². The molecule has 2 amide bonds. The summed E-state index contributed by atoms with van der Waals surface area (Å²) in [7, 11) is 0. The van der Waals surface area contributed by atoms with E-state index >= 15 is 0 Å². The Balaban J connectivity index is 2.40. The summed E-state index contributed by atoms with van der Waals surface area (Å²) in [6.07, 6.45) is 2.03. The Kier molecular flexibility index (Phi) is 5.95. The van der Waals surface area contributed by atoms with Crippen LogP contribution < -0.4 is 5.32 Å². The van der Waals surface area contributed by atoms with E-state index in [2.05, 4.69) is 5.32 Å². The van der Waals surface area contributed by atoms with Crippen LogP contribution in [0, 0.1) is 5.92 Å². The summed E-state index contributed by atoms with van der Waals surface area (Å²) in [4.78, 5) is 25.1. The summed E-state index contributed by atoms with van der Waals surface area (Å²) in [5.41, 5.74) is 0. The van der Waals surface area contributed by atoms with Crippen molar-refractivity contribution in [1.82, 2.24) is 10.2 Å². The smallest absolute Gasteiger partial charge is 0.407 e. The molecule has 1 atom stereocenters. The van der Waals surface area contributed by atoms with E-state index in [1.54, 1.807) is 6.92 Å². The van der Waals surface area contributed by atoms with E-state index in [1.807, 2.05) is 18.7 Å². The van der Waals surface area contributed by atoms with Crippen LogP contribution in [0.5, 0.6) is 0 Å². The molecule has 0 spiro atoms. The summed E-state index contributed by atoms with van der Waals surface area (Å²) in [6, 6.07) is 0.0221. The summed E-state index contributed by atoms with van der Waals surface area (Å²) in [5, 5.41) is 2.80. The summed E-state index contributed by atoms with van der Waals surface area (Å²) < 4.78 is 4.85. The molecule has 1 aliphatic heterocycles. The SMILES string of the molecule is CCOC(=O)NC1CCCN(C(=O)CC(C)C)C1. The fraction of sp³-hybridized carbons (Fsp3) is 0.846. The van der Waals surface area contributed by atoms with Gasteiger partial charge in [-0.05, 0) is 25.7 Å². The van der Waals surface area contributed by atoms with Crippen LogP contribution in [-0.2, 0) is 9.53 Å². The Labute approximate surface area is 109 Å². The molecule has 5 heteroatoms. The third-order valence-corrected chi connectivity index (χ3v) is 2.95. The quantitative estimate of drug-likeness (QED) is 0.834. The molecule has 1 saturated heterocycles. The fourth-order valence-corrected chi connectivity index (χ4v) is 2.14. The molecule has 0 bridgehead atoms. The minimum atomic E-state index is -0.388. The van der Waals surface area contributed by atoms with Crippen molar-refractivity contribution in [1.29, 1.82) is 0 Å². The molecule has 1 heterocycles. The molecule has 0 saturated carbocycles. The van der Waals surface area contributed by atoms with E-state index in [4.69, 9.17) is 4.74 Å². The predicted octanol–water partition coefficient (Wildman–Crippen LogP) is 1.77. The molecule has 18 heavy (non-hydrogen) atoms. The molecule has 1 rings (SSSR count). The first kappa shape index (κ1) is 14.8. The average molecular weight is 256 g/mol. The van der Waals surface area contributed by atoms with E-state index < -0.39 is 0 Å². The van der Waals surface area contributed by atoms with Crippen LogP contribution in [0.4, 0.5) is 4.79 Å². The zero-order chi connectivity index (χ0) is 13.5. The van der Waals surface area contributed by atoms with Crippen molar-refractivity contribution < 1.29 is 14.3 Å².